The van der Waals surface area contributed by atoms with Crippen LogP contribution in [0.5, 0.6) is 0 Å². The Hall–Kier alpha value is -1.49. The summed E-state index contributed by atoms with van der Waals surface area (Å²) in [5, 5.41) is 8.77. The number of hydrogen-bond acceptors (Lipinski definition) is 2. The smallest absolute Gasteiger partial charge is 0.101 e. The SMILES string of the molecule is [CH2]CN(C)c1ccccc1C#N. The van der Waals surface area contributed by atoms with E-state index in [4.69, 9.17) is 5.26 Å². The molecule has 61 valence electrons. The maximum atomic E-state index is 8.77. The Bertz CT molecular complexity index is 299. The Labute approximate surface area is 73.0 Å². The first-order valence-corrected chi connectivity index (χ1v) is 3.79. The maximum Gasteiger partial charge on any atom is 0.101 e. The van der Waals surface area contributed by atoms with Crippen LogP contribution in [0.15, 0.2) is 24.3 Å². The van der Waals surface area contributed by atoms with Crippen molar-refractivity contribution in [2.45, 2.75) is 0 Å². The third-order valence-electron chi connectivity index (χ3n) is 1.77. The predicted molar refractivity (Wildman–Crippen MR) is 49.8 cm³/mol. The average molecular weight is 159 g/mol. The molecule has 0 N–H and O–H groups in total. The lowest BCUT2D eigenvalue weighted by molar-refractivity contribution is 1.03. The highest BCUT2D eigenvalue weighted by Crippen LogP contribution is 2.16. The minimum Gasteiger partial charge on any atom is -0.374 e. The largest absolute Gasteiger partial charge is 0.374 e. The fourth-order valence-electron chi connectivity index (χ4n) is 1.02. The van der Waals surface area contributed by atoms with Crippen LogP contribution in [0.2, 0.25) is 0 Å². The van der Waals surface area contributed by atoms with Crippen LogP contribution in [0, 0.1) is 18.3 Å². The van der Waals surface area contributed by atoms with Crippen molar-refractivity contribution in [1.82, 2.24) is 0 Å². The molecule has 2 heteroatoms. The van der Waals surface area contributed by atoms with Crippen molar-refractivity contribution in [2.24, 2.45) is 0 Å². The normalized spacial score (nSPS) is 9.08. The van der Waals surface area contributed by atoms with Crippen molar-refractivity contribution < 1.29 is 0 Å². The van der Waals surface area contributed by atoms with E-state index in [0.717, 1.165) is 5.69 Å². The molecule has 0 bridgehead atoms. The Morgan fingerprint density at radius 1 is 1.50 bits per heavy atom. The van der Waals surface area contributed by atoms with Crippen molar-refractivity contribution in [1.29, 1.82) is 5.26 Å². The van der Waals surface area contributed by atoms with E-state index in [1.54, 1.807) is 0 Å². The van der Waals surface area contributed by atoms with Crippen LogP contribution in [-0.2, 0) is 0 Å². The Morgan fingerprint density at radius 2 is 2.17 bits per heavy atom. The molecule has 1 aromatic carbocycles. The van der Waals surface area contributed by atoms with Crippen molar-refractivity contribution in [2.75, 3.05) is 18.5 Å². The van der Waals surface area contributed by atoms with Gasteiger partial charge in [-0.2, -0.15) is 5.26 Å². The fourth-order valence-corrected chi connectivity index (χ4v) is 1.02. The molecule has 1 radical (unpaired) electrons. The van der Waals surface area contributed by atoms with Gasteiger partial charge in [-0.05, 0) is 19.1 Å². The molecule has 0 fully saturated rings. The third-order valence-corrected chi connectivity index (χ3v) is 1.77. The van der Waals surface area contributed by atoms with Gasteiger partial charge >= 0.3 is 0 Å². The van der Waals surface area contributed by atoms with Gasteiger partial charge in [0.05, 0.1) is 11.3 Å². The van der Waals surface area contributed by atoms with E-state index in [1.165, 1.54) is 0 Å². The molecule has 2 nitrogen and oxygen atoms in total. The number of para-hydroxylation sites is 1. The van der Waals surface area contributed by atoms with Gasteiger partial charge in [0.25, 0.3) is 0 Å². The van der Waals surface area contributed by atoms with Gasteiger partial charge in [0.1, 0.15) is 6.07 Å². The highest BCUT2D eigenvalue weighted by Gasteiger charge is 2.02. The molecular formula is C10H11N2. The molecule has 0 saturated carbocycles. The molecule has 0 saturated heterocycles. The van der Waals surface area contributed by atoms with E-state index in [2.05, 4.69) is 13.0 Å². The quantitative estimate of drug-likeness (QED) is 0.658. The molecule has 0 aliphatic heterocycles. The van der Waals surface area contributed by atoms with Crippen molar-refractivity contribution >= 4 is 5.69 Å². The molecule has 1 aromatic rings. The van der Waals surface area contributed by atoms with Crippen molar-refractivity contribution in [3.8, 4) is 6.07 Å². The van der Waals surface area contributed by atoms with Gasteiger partial charge in [-0.1, -0.05) is 12.1 Å². The lowest BCUT2D eigenvalue weighted by Gasteiger charge is -2.17. The monoisotopic (exact) mass is 159 g/mol. The van der Waals surface area contributed by atoms with Gasteiger partial charge in [0, 0.05) is 13.6 Å². The lowest BCUT2D eigenvalue weighted by atomic mass is 10.2. The molecule has 0 aliphatic rings. The van der Waals surface area contributed by atoms with Gasteiger partial charge in [-0.15, -0.1) is 0 Å². The van der Waals surface area contributed by atoms with E-state index < -0.39 is 0 Å². The molecule has 0 spiro atoms. The van der Waals surface area contributed by atoms with Crippen LogP contribution < -0.4 is 4.90 Å². The van der Waals surface area contributed by atoms with E-state index in [1.807, 2.05) is 36.2 Å². The zero-order valence-electron chi connectivity index (χ0n) is 7.12. The molecule has 0 atom stereocenters. The summed E-state index contributed by atoms with van der Waals surface area (Å²) in [5.74, 6) is 0. The van der Waals surface area contributed by atoms with Gasteiger partial charge in [0.15, 0.2) is 0 Å². The van der Waals surface area contributed by atoms with Crippen LogP contribution in [0.4, 0.5) is 5.69 Å². The van der Waals surface area contributed by atoms with Crippen molar-refractivity contribution in [3.05, 3.63) is 36.8 Å². The van der Waals surface area contributed by atoms with E-state index in [-0.39, 0.29) is 0 Å². The summed E-state index contributed by atoms with van der Waals surface area (Å²) in [7, 11) is 1.92. The second kappa shape index (κ2) is 3.77. The van der Waals surface area contributed by atoms with Crippen LogP contribution in [0.25, 0.3) is 0 Å². The van der Waals surface area contributed by atoms with Crippen LogP contribution in [-0.4, -0.2) is 13.6 Å². The number of benzene rings is 1. The number of hydrogen-bond donors (Lipinski definition) is 0. The Kier molecular flexibility index (Phi) is 2.71. The van der Waals surface area contributed by atoms with E-state index in [0.29, 0.717) is 12.1 Å². The minimum absolute atomic E-state index is 0.665. The molecule has 0 aromatic heterocycles. The zero-order chi connectivity index (χ0) is 8.97. The summed E-state index contributed by atoms with van der Waals surface area (Å²) in [6.07, 6.45) is 0. The minimum atomic E-state index is 0.665. The molecule has 0 aliphatic carbocycles. The number of anilines is 1. The molecule has 0 amide bonds. The van der Waals surface area contributed by atoms with Crippen molar-refractivity contribution in [3.63, 3.8) is 0 Å². The Morgan fingerprint density at radius 3 is 2.75 bits per heavy atom. The lowest BCUT2D eigenvalue weighted by Crippen LogP contribution is -2.16. The van der Waals surface area contributed by atoms with Gasteiger partial charge in [-0.3, -0.25) is 0 Å². The first-order chi connectivity index (χ1) is 5.79. The summed E-state index contributed by atoms with van der Waals surface area (Å²) >= 11 is 0. The highest BCUT2D eigenvalue weighted by atomic mass is 15.1. The molecule has 12 heavy (non-hydrogen) atoms. The topological polar surface area (TPSA) is 27.0 Å². The van der Waals surface area contributed by atoms with Gasteiger partial charge < -0.3 is 4.90 Å². The zero-order valence-corrected chi connectivity index (χ0v) is 7.12. The Balaban J connectivity index is 3.07. The first-order valence-electron chi connectivity index (χ1n) is 3.79. The summed E-state index contributed by atoms with van der Waals surface area (Å²) in [6, 6.07) is 9.65. The van der Waals surface area contributed by atoms with Crippen LogP contribution >= 0.6 is 0 Å². The standard InChI is InChI=1S/C10H11N2/c1-3-12(2)10-7-5-4-6-9(10)8-11/h4-7H,1,3H2,2H3. The summed E-state index contributed by atoms with van der Waals surface area (Å²) in [6.45, 7) is 4.42. The van der Waals surface area contributed by atoms with E-state index >= 15 is 0 Å². The second-order valence-corrected chi connectivity index (χ2v) is 2.55. The van der Waals surface area contributed by atoms with Crippen LogP contribution in [0.1, 0.15) is 5.56 Å². The number of nitriles is 1. The summed E-state index contributed by atoms with van der Waals surface area (Å²) in [5.41, 5.74) is 1.64. The molecule has 1 rings (SSSR count). The highest BCUT2D eigenvalue weighted by molar-refractivity contribution is 5.58. The van der Waals surface area contributed by atoms with E-state index in [9.17, 15) is 0 Å². The van der Waals surface area contributed by atoms with Gasteiger partial charge in [0.2, 0.25) is 0 Å². The van der Waals surface area contributed by atoms with Crippen LogP contribution in [0.3, 0.4) is 0 Å². The second-order valence-electron chi connectivity index (χ2n) is 2.55. The molecule has 0 heterocycles. The third kappa shape index (κ3) is 1.57. The fraction of sp³-hybridized carbons (Fsp3) is 0.200. The number of rotatable bonds is 2. The summed E-state index contributed by atoms with van der Waals surface area (Å²) < 4.78 is 0. The first kappa shape index (κ1) is 8.61. The molecule has 0 unspecified atom stereocenters. The summed E-state index contributed by atoms with van der Waals surface area (Å²) in [4.78, 5) is 1.94. The average Bonchev–Trinajstić information content (AvgIpc) is 2.16. The predicted octanol–water partition coefficient (Wildman–Crippen LogP) is 1.83. The molecular weight excluding hydrogens is 148 g/mol. The maximum absolute atomic E-state index is 8.77. The van der Waals surface area contributed by atoms with Gasteiger partial charge in [-0.25, -0.2) is 0 Å². The number of nitrogens with zero attached hydrogens (tertiary/aromatic N) is 2.